The third kappa shape index (κ3) is 4.64. The largest absolute Gasteiger partial charge is 0.493 e. The van der Waals surface area contributed by atoms with Gasteiger partial charge in [0.25, 0.3) is 5.91 Å². The fourth-order valence-corrected chi connectivity index (χ4v) is 2.27. The summed E-state index contributed by atoms with van der Waals surface area (Å²) in [6.45, 7) is 1.61. The van der Waals surface area contributed by atoms with Gasteiger partial charge in [-0.3, -0.25) is 4.79 Å². The van der Waals surface area contributed by atoms with Gasteiger partial charge >= 0.3 is 5.97 Å². The van der Waals surface area contributed by atoms with Crippen molar-refractivity contribution < 1.29 is 23.8 Å². The normalized spacial score (nSPS) is 11.4. The predicted octanol–water partition coefficient (Wildman–Crippen LogP) is 3.54. The van der Waals surface area contributed by atoms with Crippen LogP contribution in [0.5, 0.6) is 11.5 Å². The van der Waals surface area contributed by atoms with E-state index in [1.54, 1.807) is 37.3 Å². The van der Waals surface area contributed by atoms with Gasteiger partial charge in [-0.1, -0.05) is 23.7 Å². The number of methoxy groups -OCH3 is 2. The second-order valence-corrected chi connectivity index (χ2v) is 5.49. The van der Waals surface area contributed by atoms with Crippen molar-refractivity contribution in [1.82, 2.24) is 0 Å². The van der Waals surface area contributed by atoms with Gasteiger partial charge in [0.1, 0.15) is 0 Å². The summed E-state index contributed by atoms with van der Waals surface area (Å²) in [7, 11) is 2.78. The molecule has 2 aromatic carbocycles. The Hall–Kier alpha value is -2.73. The zero-order valence-corrected chi connectivity index (χ0v) is 14.8. The highest BCUT2D eigenvalue weighted by Gasteiger charge is 2.18. The molecular formula is C18H18ClNO5. The lowest BCUT2D eigenvalue weighted by Crippen LogP contribution is -2.30. The molecule has 2 aromatic rings. The number of carbonyl (C=O) groups excluding carboxylic acids is 2. The summed E-state index contributed by atoms with van der Waals surface area (Å²) in [6.07, 6.45) is -0.784. The Morgan fingerprint density at radius 1 is 1.08 bits per heavy atom. The van der Waals surface area contributed by atoms with E-state index in [0.29, 0.717) is 17.2 Å². The van der Waals surface area contributed by atoms with Gasteiger partial charge in [-0.05, 0) is 37.3 Å². The van der Waals surface area contributed by atoms with E-state index >= 15 is 0 Å². The van der Waals surface area contributed by atoms with Crippen LogP contribution < -0.4 is 14.8 Å². The number of rotatable bonds is 6. The zero-order chi connectivity index (χ0) is 18.4. The summed E-state index contributed by atoms with van der Waals surface area (Å²) in [5, 5.41) is 2.91. The molecule has 7 heteroatoms. The SMILES string of the molecule is COC(=O)c1cc(NC(=O)[C@@H](C)Oc2ccccc2OC)ccc1Cl. The van der Waals surface area contributed by atoms with Crippen molar-refractivity contribution in [2.45, 2.75) is 13.0 Å². The van der Waals surface area contributed by atoms with E-state index < -0.39 is 12.1 Å². The second-order valence-electron chi connectivity index (χ2n) is 5.09. The number of esters is 1. The van der Waals surface area contributed by atoms with E-state index in [1.807, 2.05) is 0 Å². The smallest absolute Gasteiger partial charge is 0.339 e. The number of halogens is 1. The lowest BCUT2D eigenvalue weighted by atomic mass is 10.2. The molecule has 6 nitrogen and oxygen atoms in total. The van der Waals surface area contributed by atoms with Crippen LogP contribution in [0.1, 0.15) is 17.3 Å². The highest BCUT2D eigenvalue weighted by molar-refractivity contribution is 6.33. The molecule has 0 aliphatic rings. The Labute approximate surface area is 150 Å². The topological polar surface area (TPSA) is 73.9 Å². The maximum atomic E-state index is 12.3. The summed E-state index contributed by atoms with van der Waals surface area (Å²) in [5.74, 6) is 0.0177. The first-order valence-electron chi connectivity index (χ1n) is 7.44. The highest BCUT2D eigenvalue weighted by Crippen LogP contribution is 2.27. The van der Waals surface area contributed by atoms with E-state index in [9.17, 15) is 9.59 Å². The molecule has 0 radical (unpaired) electrons. The molecule has 25 heavy (non-hydrogen) atoms. The van der Waals surface area contributed by atoms with E-state index in [1.165, 1.54) is 26.4 Å². The minimum atomic E-state index is -0.784. The average Bonchev–Trinajstić information content (AvgIpc) is 2.62. The number of carbonyl (C=O) groups is 2. The Balaban J connectivity index is 2.10. The Bertz CT molecular complexity index is 778. The Kier molecular flexibility index (Phi) is 6.25. The number of amides is 1. The first kappa shape index (κ1) is 18.6. The van der Waals surface area contributed by atoms with E-state index in [0.717, 1.165) is 0 Å². The monoisotopic (exact) mass is 363 g/mol. The van der Waals surface area contributed by atoms with Crippen molar-refractivity contribution >= 4 is 29.2 Å². The predicted molar refractivity (Wildman–Crippen MR) is 94.5 cm³/mol. The summed E-state index contributed by atoms with van der Waals surface area (Å²) in [4.78, 5) is 24.0. The minimum Gasteiger partial charge on any atom is -0.493 e. The number of hydrogen-bond acceptors (Lipinski definition) is 5. The third-order valence-electron chi connectivity index (χ3n) is 3.38. The van der Waals surface area contributed by atoms with Gasteiger partial charge in [0.05, 0.1) is 24.8 Å². The Morgan fingerprint density at radius 3 is 2.40 bits per heavy atom. The molecule has 1 amide bonds. The molecular weight excluding hydrogens is 346 g/mol. The zero-order valence-electron chi connectivity index (χ0n) is 14.0. The van der Waals surface area contributed by atoms with Crippen LogP contribution in [-0.4, -0.2) is 32.2 Å². The fourth-order valence-electron chi connectivity index (χ4n) is 2.07. The molecule has 2 rings (SSSR count). The summed E-state index contributed by atoms with van der Waals surface area (Å²) >= 11 is 5.96. The van der Waals surface area contributed by atoms with Crippen molar-refractivity contribution in [3.63, 3.8) is 0 Å². The maximum absolute atomic E-state index is 12.3. The molecule has 0 aliphatic heterocycles. The van der Waals surface area contributed by atoms with Gasteiger partial charge in [-0.2, -0.15) is 0 Å². The van der Waals surface area contributed by atoms with Crippen molar-refractivity contribution in [1.29, 1.82) is 0 Å². The first-order chi connectivity index (χ1) is 12.0. The van der Waals surface area contributed by atoms with Crippen molar-refractivity contribution in [2.75, 3.05) is 19.5 Å². The molecule has 1 atom stereocenters. The van der Waals surface area contributed by atoms with Crippen LogP contribution in [-0.2, 0) is 9.53 Å². The Morgan fingerprint density at radius 2 is 1.76 bits per heavy atom. The lowest BCUT2D eigenvalue weighted by molar-refractivity contribution is -0.122. The average molecular weight is 364 g/mol. The van der Waals surface area contributed by atoms with E-state index in [-0.39, 0.29) is 16.5 Å². The maximum Gasteiger partial charge on any atom is 0.339 e. The van der Waals surface area contributed by atoms with Gasteiger partial charge in [0.15, 0.2) is 17.6 Å². The van der Waals surface area contributed by atoms with Crippen LogP contribution in [0.25, 0.3) is 0 Å². The second kappa shape index (κ2) is 8.39. The molecule has 0 aromatic heterocycles. The number of benzene rings is 2. The molecule has 0 heterocycles. The van der Waals surface area contributed by atoms with Gasteiger partial charge in [0, 0.05) is 5.69 Å². The van der Waals surface area contributed by atoms with Gasteiger partial charge in [0.2, 0.25) is 0 Å². The molecule has 0 saturated heterocycles. The quantitative estimate of drug-likeness (QED) is 0.794. The molecule has 132 valence electrons. The fraction of sp³-hybridized carbons (Fsp3) is 0.222. The van der Waals surface area contributed by atoms with Crippen LogP contribution in [0.2, 0.25) is 5.02 Å². The van der Waals surface area contributed by atoms with Crippen molar-refractivity contribution in [2.24, 2.45) is 0 Å². The molecule has 0 fully saturated rings. The molecule has 1 N–H and O–H groups in total. The van der Waals surface area contributed by atoms with Crippen LogP contribution in [0.15, 0.2) is 42.5 Å². The number of anilines is 1. The molecule has 0 unspecified atom stereocenters. The van der Waals surface area contributed by atoms with Gasteiger partial charge in [-0.25, -0.2) is 4.79 Å². The standard InChI is InChI=1S/C18H18ClNO5/c1-11(25-16-7-5-4-6-15(16)23-2)17(21)20-12-8-9-14(19)13(10-12)18(22)24-3/h4-11H,1-3H3,(H,20,21)/t11-/m1/s1. The van der Waals surface area contributed by atoms with Gasteiger partial charge < -0.3 is 19.5 Å². The third-order valence-corrected chi connectivity index (χ3v) is 3.71. The molecule has 0 spiro atoms. The summed E-state index contributed by atoms with van der Waals surface area (Å²) in [6, 6.07) is 11.6. The molecule has 0 bridgehead atoms. The molecule has 0 saturated carbocycles. The van der Waals surface area contributed by atoms with Crippen LogP contribution in [0.4, 0.5) is 5.69 Å². The molecule has 0 aliphatic carbocycles. The number of para-hydroxylation sites is 2. The van der Waals surface area contributed by atoms with E-state index in [4.69, 9.17) is 21.1 Å². The van der Waals surface area contributed by atoms with E-state index in [2.05, 4.69) is 10.1 Å². The van der Waals surface area contributed by atoms with Crippen molar-refractivity contribution in [3.8, 4) is 11.5 Å². The van der Waals surface area contributed by atoms with Crippen molar-refractivity contribution in [3.05, 3.63) is 53.1 Å². The highest BCUT2D eigenvalue weighted by atomic mass is 35.5. The summed E-state index contributed by atoms with van der Waals surface area (Å²) < 4.78 is 15.5. The van der Waals surface area contributed by atoms with Gasteiger partial charge in [-0.15, -0.1) is 0 Å². The minimum absolute atomic E-state index is 0.167. The van der Waals surface area contributed by atoms with Crippen LogP contribution in [0, 0.1) is 0 Å². The summed E-state index contributed by atoms with van der Waals surface area (Å²) in [5.41, 5.74) is 0.575. The van der Waals surface area contributed by atoms with Crippen LogP contribution >= 0.6 is 11.6 Å². The first-order valence-corrected chi connectivity index (χ1v) is 7.82. The number of hydrogen-bond donors (Lipinski definition) is 1. The number of ether oxygens (including phenoxy) is 3. The lowest BCUT2D eigenvalue weighted by Gasteiger charge is -2.17. The van der Waals surface area contributed by atoms with Crippen LogP contribution in [0.3, 0.4) is 0 Å². The number of nitrogens with one attached hydrogen (secondary N) is 1.